The summed E-state index contributed by atoms with van der Waals surface area (Å²) in [6.45, 7) is 2.48. The number of carbonyl (C=O) groups excluding carboxylic acids is 1. The van der Waals surface area contributed by atoms with Crippen molar-refractivity contribution in [1.82, 2.24) is 0 Å². The molecule has 0 bridgehead atoms. The summed E-state index contributed by atoms with van der Waals surface area (Å²) < 4.78 is 5.83. The Balaban J connectivity index is 1.55. The third-order valence-corrected chi connectivity index (χ3v) is 5.10. The molecule has 1 aliphatic rings. The van der Waals surface area contributed by atoms with Gasteiger partial charge in [0, 0.05) is 5.69 Å². The molecule has 4 nitrogen and oxygen atoms in total. The highest BCUT2D eigenvalue weighted by molar-refractivity contribution is 6.04. The van der Waals surface area contributed by atoms with Crippen LogP contribution in [0.25, 0.3) is 0 Å². The molecule has 0 aromatic heterocycles. The summed E-state index contributed by atoms with van der Waals surface area (Å²) >= 11 is 0. The molecule has 0 aliphatic carbocycles. The molecule has 4 rings (SSSR count). The number of nitriles is 1. The monoisotopic (exact) mass is 368 g/mol. The third kappa shape index (κ3) is 3.12. The number of aryl methyl sites for hydroxylation is 1. The molecule has 28 heavy (non-hydrogen) atoms. The third-order valence-electron chi connectivity index (χ3n) is 5.10. The van der Waals surface area contributed by atoms with Crippen LogP contribution in [0.15, 0.2) is 78.9 Å². The molecule has 1 atom stereocenters. The van der Waals surface area contributed by atoms with E-state index in [0.29, 0.717) is 6.61 Å². The van der Waals surface area contributed by atoms with Gasteiger partial charge in [-0.25, -0.2) is 0 Å². The second-order valence-electron chi connectivity index (χ2n) is 7.01. The van der Waals surface area contributed by atoms with E-state index in [1.54, 1.807) is 4.90 Å². The Bertz CT molecular complexity index is 1020. The van der Waals surface area contributed by atoms with Gasteiger partial charge in [0.15, 0.2) is 5.54 Å². The summed E-state index contributed by atoms with van der Waals surface area (Å²) in [5.74, 6) is 0.683. The number of benzene rings is 3. The molecule has 0 saturated carbocycles. The minimum absolute atomic E-state index is 0.0465. The van der Waals surface area contributed by atoms with Crippen LogP contribution in [-0.4, -0.2) is 5.91 Å². The van der Waals surface area contributed by atoms with Gasteiger partial charge in [-0.2, -0.15) is 5.26 Å². The number of hydrogen-bond acceptors (Lipinski definition) is 3. The number of hydrogen-bond donors (Lipinski definition) is 0. The molecule has 3 aromatic carbocycles. The Kier molecular flexibility index (Phi) is 4.58. The van der Waals surface area contributed by atoms with E-state index in [1.807, 2.05) is 85.8 Å². The van der Waals surface area contributed by atoms with E-state index in [1.165, 1.54) is 0 Å². The molecule has 1 aliphatic heterocycles. The van der Waals surface area contributed by atoms with Gasteiger partial charge in [-0.05, 0) is 42.3 Å². The topological polar surface area (TPSA) is 53.3 Å². The first kappa shape index (κ1) is 17.8. The minimum atomic E-state index is -0.968. The van der Waals surface area contributed by atoms with Crippen LogP contribution in [0.3, 0.4) is 0 Å². The molecular weight excluding hydrogens is 348 g/mol. The average Bonchev–Trinajstić information content (AvgIpc) is 2.73. The highest BCUT2D eigenvalue weighted by atomic mass is 16.5. The predicted molar refractivity (Wildman–Crippen MR) is 108 cm³/mol. The van der Waals surface area contributed by atoms with Gasteiger partial charge in [0.1, 0.15) is 12.4 Å². The molecule has 0 N–H and O–H groups in total. The Morgan fingerprint density at radius 1 is 1.00 bits per heavy atom. The molecule has 4 heteroatoms. The molecule has 1 saturated heterocycles. The molecule has 0 unspecified atom stereocenters. The fourth-order valence-corrected chi connectivity index (χ4v) is 3.51. The standard InChI is InChI=1S/C24H20N2O2/c1-18-7-11-21(12-8-18)26-23(27)15-24(26,17-25)20-9-13-22(14-10-20)28-16-19-5-3-2-4-6-19/h2-14H,15-16H2,1H3/t24-/m1/s1. The summed E-state index contributed by atoms with van der Waals surface area (Å²) in [4.78, 5) is 13.9. The lowest BCUT2D eigenvalue weighted by atomic mass is 9.78. The van der Waals surface area contributed by atoms with E-state index in [9.17, 15) is 10.1 Å². The zero-order chi connectivity index (χ0) is 19.6. The number of rotatable bonds is 5. The number of β-lactam (4-membered cyclic amide) rings is 1. The molecule has 0 spiro atoms. The van der Waals surface area contributed by atoms with E-state index >= 15 is 0 Å². The minimum Gasteiger partial charge on any atom is -0.489 e. The van der Waals surface area contributed by atoms with Crippen molar-refractivity contribution in [3.63, 3.8) is 0 Å². The average molecular weight is 368 g/mol. The Hall–Kier alpha value is -3.58. The maximum absolute atomic E-state index is 12.3. The van der Waals surface area contributed by atoms with Crippen molar-refractivity contribution in [2.24, 2.45) is 0 Å². The number of anilines is 1. The number of ether oxygens (including phenoxy) is 1. The first-order valence-corrected chi connectivity index (χ1v) is 9.21. The maximum atomic E-state index is 12.3. The number of nitrogens with zero attached hydrogens (tertiary/aromatic N) is 2. The van der Waals surface area contributed by atoms with Crippen molar-refractivity contribution < 1.29 is 9.53 Å². The normalized spacial score (nSPS) is 18.3. The second kappa shape index (κ2) is 7.21. The Labute approximate surface area is 164 Å². The van der Waals surface area contributed by atoms with Gasteiger partial charge >= 0.3 is 0 Å². The highest BCUT2D eigenvalue weighted by Gasteiger charge is 2.53. The summed E-state index contributed by atoms with van der Waals surface area (Å²) in [6, 6.07) is 27.4. The van der Waals surface area contributed by atoms with Crippen LogP contribution >= 0.6 is 0 Å². The van der Waals surface area contributed by atoms with Crippen LogP contribution in [-0.2, 0) is 16.9 Å². The zero-order valence-corrected chi connectivity index (χ0v) is 15.6. The molecule has 1 amide bonds. The molecule has 138 valence electrons. The van der Waals surface area contributed by atoms with Crippen molar-refractivity contribution in [3.8, 4) is 11.8 Å². The van der Waals surface area contributed by atoms with E-state index in [0.717, 1.165) is 28.1 Å². The molecular formula is C24H20N2O2. The van der Waals surface area contributed by atoms with Crippen LogP contribution in [0.4, 0.5) is 5.69 Å². The predicted octanol–water partition coefficient (Wildman–Crippen LogP) is 4.73. The van der Waals surface area contributed by atoms with E-state index in [4.69, 9.17) is 4.74 Å². The Morgan fingerprint density at radius 2 is 1.68 bits per heavy atom. The first-order chi connectivity index (χ1) is 13.6. The van der Waals surface area contributed by atoms with Crippen LogP contribution in [0, 0.1) is 18.3 Å². The lowest BCUT2D eigenvalue weighted by molar-refractivity contribution is -0.126. The smallest absolute Gasteiger partial charge is 0.232 e. The van der Waals surface area contributed by atoms with Crippen LogP contribution in [0.5, 0.6) is 5.75 Å². The van der Waals surface area contributed by atoms with Crippen LogP contribution < -0.4 is 9.64 Å². The Morgan fingerprint density at radius 3 is 2.29 bits per heavy atom. The molecule has 0 radical (unpaired) electrons. The largest absolute Gasteiger partial charge is 0.489 e. The summed E-state index contributed by atoms with van der Waals surface area (Å²) in [7, 11) is 0. The van der Waals surface area contributed by atoms with Gasteiger partial charge < -0.3 is 4.74 Å². The zero-order valence-electron chi connectivity index (χ0n) is 15.6. The van der Waals surface area contributed by atoms with E-state index in [-0.39, 0.29) is 12.3 Å². The van der Waals surface area contributed by atoms with Crippen molar-refractivity contribution >= 4 is 11.6 Å². The first-order valence-electron chi connectivity index (χ1n) is 9.21. The number of amides is 1. The number of carbonyl (C=O) groups is 1. The van der Waals surface area contributed by atoms with Gasteiger partial charge in [-0.15, -0.1) is 0 Å². The SMILES string of the molecule is Cc1ccc(N2C(=O)C[C@@]2(C#N)c2ccc(OCc3ccccc3)cc2)cc1. The van der Waals surface area contributed by atoms with Crippen molar-refractivity contribution in [2.75, 3.05) is 4.90 Å². The summed E-state index contributed by atoms with van der Waals surface area (Å²) in [5.41, 5.74) is 2.77. The highest BCUT2D eigenvalue weighted by Crippen LogP contribution is 2.44. The maximum Gasteiger partial charge on any atom is 0.232 e. The summed E-state index contributed by atoms with van der Waals surface area (Å²) in [5, 5.41) is 9.94. The van der Waals surface area contributed by atoms with Gasteiger partial charge in [0.05, 0.1) is 12.5 Å². The fourth-order valence-electron chi connectivity index (χ4n) is 3.51. The van der Waals surface area contributed by atoms with Gasteiger partial charge in [-0.1, -0.05) is 60.2 Å². The summed E-state index contributed by atoms with van der Waals surface area (Å²) in [6.07, 6.45) is 0.182. The molecule has 3 aromatic rings. The molecule has 1 heterocycles. The van der Waals surface area contributed by atoms with Gasteiger partial charge in [0.2, 0.25) is 5.91 Å². The van der Waals surface area contributed by atoms with Crippen LogP contribution in [0.1, 0.15) is 23.1 Å². The van der Waals surface area contributed by atoms with E-state index < -0.39 is 5.54 Å². The van der Waals surface area contributed by atoms with E-state index in [2.05, 4.69) is 6.07 Å². The fraction of sp³-hybridized carbons (Fsp3) is 0.167. The van der Waals surface area contributed by atoms with Gasteiger partial charge in [-0.3, -0.25) is 9.69 Å². The quantitative estimate of drug-likeness (QED) is 0.612. The molecule has 1 fully saturated rings. The lowest BCUT2D eigenvalue weighted by Gasteiger charge is -2.47. The van der Waals surface area contributed by atoms with Gasteiger partial charge in [0.25, 0.3) is 0 Å². The van der Waals surface area contributed by atoms with Crippen molar-refractivity contribution in [3.05, 3.63) is 95.6 Å². The second-order valence-corrected chi connectivity index (χ2v) is 7.01. The lowest BCUT2D eigenvalue weighted by Crippen LogP contribution is -2.61. The van der Waals surface area contributed by atoms with Crippen molar-refractivity contribution in [1.29, 1.82) is 5.26 Å². The van der Waals surface area contributed by atoms with Crippen molar-refractivity contribution in [2.45, 2.75) is 25.5 Å². The van der Waals surface area contributed by atoms with Crippen LogP contribution in [0.2, 0.25) is 0 Å².